The van der Waals surface area contributed by atoms with E-state index in [4.69, 9.17) is 4.98 Å². The lowest BCUT2D eigenvalue weighted by Crippen LogP contribution is -2.24. The fourth-order valence-electron chi connectivity index (χ4n) is 4.88. The minimum atomic E-state index is -0.210. The first-order valence-corrected chi connectivity index (χ1v) is 11.4. The Bertz CT molecular complexity index is 1120. The van der Waals surface area contributed by atoms with Crippen LogP contribution in [0.25, 0.3) is 28.3 Å². The fourth-order valence-corrected chi connectivity index (χ4v) is 4.88. The Balaban J connectivity index is 2.22. The summed E-state index contributed by atoms with van der Waals surface area (Å²) >= 11 is 0. The molecule has 0 aliphatic heterocycles. The van der Waals surface area contributed by atoms with Crippen molar-refractivity contribution in [1.82, 2.24) is 4.98 Å². The molecular formula is C29H32FN. The molecule has 1 heterocycles. The molecule has 2 aromatic carbocycles. The normalized spacial score (nSPS) is 15.5. The van der Waals surface area contributed by atoms with Gasteiger partial charge in [0.25, 0.3) is 0 Å². The first kappa shape index (κ1) is 21.5. The van der Waals surface area contributed by atoms with E-state index in [1.807, 2.05) is 19.1 Å². The van der Waals surface area contributed by atoms with Gasteiger partial charge >= 0.3 is 0 Å². The SMILES string of the molecule is C/C=C/c1c(C(C)C)nc2c(c1-c1ccc(F)cc1)-c1ccccc1CCCC2(C)C. The molecule has 1 aromatic heterocycles. The van der Waals surface area contributed by atoms with E-state index >= 15 is 0 Å². The van der Waals surface area contributed by atoms with Crippen molar-refractivity contribution in [3.05, 3.63) is 82.9 Å². The van der Waals surface area contributed by atoms with Crippen LogP contribution in [0.3, 0.4) is 0 Å². The zero-order valence-electron chi connectivity index (χ0n) is 19.3. The molecule has 3 aromatic rings. The van der Waals surface area contributed by atoms with Crippen LogP contribution < -0.4 is 0 Å². The molecule has 0 radical (unpaired) electrons. The van der Waals surface area contributed by atoms with Gasteiger partial charge in [0.15, 0.2) is 0 Å². The number of hydrogen-bond acceptors (Lipinski definition) is 1. The van der Waals surface area contributed by atoms with Gasteiger partial charge in [-0.1, -0.05) is 76.2 Å². The van der Waals surface area contributed by atoms with Crippen molar-refractivity contribution in [3.8, 4) is 22.3 Å². The van der Waals surface area contributed by atoms with Crippen LogP contribution in [0.15, 0.2) is 54.6 Å². The maximum Gasteiger partial charge on any atom is 0.123 e. The second-order valence-corrected chi connectivity index (χ2v) is 9.57. The van der Waals surface area contributed by atoms with E-state index in [1.54, 1.807) is 12.1 Å². The third kappa shape index (κ3) is 3.96. The molecule has 1 aliphatic carbocycles. The van der Waals surface area contributed by atoms with Crippen molar-refractivity contribution in [2.24, 2.45) is 0 Å². The minimum absolute atomic E-state index is 0.0459. The van der Waals surface area contributed by atoms with Crippen LogP contribution in [0.4, 0.5) is 4.39 Å². The quantitative estimate of drug-likeness (QED) is 0.420. The van der Waals surface area contributed by atoms with E-state index in [-0.39, 0.29) is 17.2 Å². The van der Waals surface area contributed by atoms with E-state index in [9.17, 15) is 4.39 Å². The van der Waals surface area contributed by atoms with Gasteiger partial charge in [-0.25, -0.2) is 4.39 Å². The van der Waals surface area contributed by atoms with Crippen molar-refractivity contribution < 1.29 is 4.39 Å². The summed E-state index contributed by atoms with van der Waals surface area (Å²) in [6, 6.07) is 15.7. The van der Waals surface area contributed by atoms with Gasteiger partial charge < -0.3 is 0 Å². The van der Waals surface area contributed by atoms with Crippen LogP contribution in [0.2, 0.25) is 0 Å². The Kier molecular flexibility index (Phi) is 5.83. The van der Waals surface area contributed by atoms with Crippen LogP contribution in [-0.4, -0.2) is 4.98 Å². The molecule has 1 aliphatic rings. The first-order chi connectivity index (χ1) is 14.8. The number of hydrogen-bond donors (Lipinski definition) is 0. The smallest absolute Gasteiger partial charge is 0.123 e. The minimum Gasteiger partial charge on any atom is -0.256 e. The zero-order chi connectivity index (χ0) is 22.2. The third-order valence-corrected chi connectivity index (χ3v) is 6.45. The third-order valence-electron chi connectivity index (χ3n) is 6.45. The molecular weight excluding hydrogens is 381 g/mol. The van der Waals surface area contributed by atoms with Gasteiger partial charge in [-0.05, 0) is 60.9 Å². The predicted molar refractivity (Wildman–Crippen MR) is 130 cm³/mol. The number of halogens is 1. The van der Waals surface area contributed by atoms with Crippen LogP contribution >= 0.6 is 0 Å². The summed E-state index contributed by atoms with van der Waals surface area (Å²) in [7, 11) is 0. The molecule has 0 saturated carbocycles. The van der Waals surface area contributed by atoms with Crippen LogP contribution in [0, 0.1) is 5.82 Å². The lowest BCUT2D eigenvalue weighted by Gasteiger charge is -2.33. The molecule has 0 atom stereocenters. The van der Waals surface area contributed by atoms with Gasteiger partial charge in [0.1, 0.15) is 5.82 Å². The van der Waals surface area contributed by atoms with Crippen molar-refractivity contribution in [2.45, 2.75) is 65.2 Å². The Morgan fingerprint density at radius 3 is 2.39 bits per heavy atom. The van der Waals surface area contributed by atoms with Crippen molar-refractivity contribution >= 4 is 6.08 Å². The first-order valence-electron chi connectivity index (χ1n) is 11.4. The van der Waals surface area contributed by atoms with Gasteiger partial charge in [0.05, 0.1) is 11.4 Å². The van der Waals surface area contributed by atoms with Crippen molar-refractivity contribution in [2.75, 3.05) is 0 Å². The van der Waals surface area contributed by atoms with Gasteiger partial charge in [-0.3, -0.25) is 4.98 Å². The van der Waals surface area contributed by atoms with E-state index in [1.165, 1.54) is 22.3 Å². The molecule has 0 bridgehead atoms. The summed E-state index contributed by atoms with van der Waals surface area (Å²) in [5.74, 6) is 0.0743. The Hall–Kier alpha value is -2.74. The summed E-state index contributed by atoms with van der Waals surface area (Å²) in [6.45, 7) is 11.1. The highest BCUT2D eigenvalue weighted by molar-refractivity contribution is 5.93. The molecule has 1 nitrogen and oxygen atoms in total. The molecule has 0 N–H and O–H groups in total. The maximum absolute atomic E-state index is 13.9. The number of nitrogens with zero attached hydrogens (tertiary/aromatic N) is 1. The van der Waals surface area contributed by atoms with Gasteiger partial charge in [0, 0.05) is 22.1 Å². The van der Waals surface area contributed by atoms with Gasteiger partial charge in [-0.15, -0.1) is 0 Å². The molecule has 31 heavy (non-hydrogen) atoms. The van der Waals surface area contributed by atoms with Crippen LogP contribution in [0.1, 0.15) is 75.9 Å². The summed E-state index contributed by atoms with van der Waals surface area (Å²) in [6.07, 6.45) is 7.56. The van der Waals surface area contributed by atoms with E-state index in [0.717, 1.165) is 41.8 Å². The maximum atomic E-state index is 13.9. The lowest BCUT2D eigenvalue weighted by atomic mass is 9.73. The van der Waals surface area contributed by atoms with Crippen LogP contribution in [-0.2, 0) is 11.8 Å². The highest BCUT2D eigenvalue weighted by atomic mass is 19.1. The van der Waals surface area contributed by atoms with E-state index in [0.29, 0.717) is 0 Å². The summed E-state index contributed by atoms with van der Waals surface area (Å²) in [5, 5.41) is 0. The number of benzene rings is 2. The molecule has 0 spiro atoms. The monoisotopic (exact) mass is 413 g/mol. The van der Waals surface area contributed by atoms with Crippen LogP contribution in [0.5, 0.6) is 0 Å². The number of aryl methyl sites for hydroxylation is 1. The molecule has 0 unspecified atom stereocenters. The predicted octanol–water partition coefficient (Wildman–Crippen LogP) is 8.33. The second-order valence-electron chi connectivity index (χ2n) is 9.57. The van der Waals surface area contributed by atoms with Gasteiger partial charge in [0.2, 0.25) is 0 Å². The number of allylic oxidation sites excluding steroid dienone is 1. The summed E-state index contributed by atoms with van der Waals surface area (Å²) in [4.78, 5) is 5.36. The zero-order valence-corrected chi connectivity index (χ0v) is 19.3. The molecule has 2 heteroatoms. The largest absolute Gasteiger partial charge is 0.256 e. The van der Waals surface area contributed by atoms with E-state index in [2.05, 4.69) is 64.1 Å². The lowest BCUT2D eigenvalue weighted by molar-refractivity contribution is 0.445. The Morgan fingerprint density at radius 1 is 1.00 bits per heavy atom. The fraction of sp³-hybridized carbons (Fsp3) is 0.345. The molecule has 0 amide bonds. The van der Waals surface area contributed by atoms with E-state index < -0.39 is 0 Å². The van der Waals surface area contributed by atoms with Crippen molar-refractivity contribution in [1.29, 1.82) is 0 Å². The Morgan fingerprint density at radius 2 is 1.71 bits per heavy atom. The summed E-state index contributed by atoms with van der Waals surface area (Å²) < 4.78 is 13.9. The Labute approximate surface area is 186 Å². The number of pyridine rings is 1. The topological polar surface area (TPSA) is 12.9 Å². The second kappa shape index (κ2) is 8.42. The highest BCUT2D eigenvalue weighted by Gasteiger charge is 2.33. The van der Waals surface area contributed by atoms with Crippen molar-refractivity contribution in [3.63, 3.8) is 0 Å². The average Bonchev–Trinajstić information content (AvgIpc) is 2.73. The number of aromatic nitrogens is 1. The highest BCUT2D eigenvalue weighted by Crippen LogP contribution is 2.47. The molecule has 0 fully saturated rings. The molecule has 160 valence electrons. The number of fused-ring (bicyclic) bond motifs is 3. The number of rotatable bonds is 3. The standard InChI is InChI=1S/C29H32FN/c1-6-10-24-25(21-14-16-22(30)17-15-21)26-23-13-8-7-11-20(23)12-9-18-29(4,5)28(26)31-27(24)19(2)3/h6-8,10-11,13-17,19H,9,12,18H2,1-5H3/b10-6+. The molecule has 4 rings (SSSR count). The molecule has 0 saturated heterocycles. The summed E-state index contributed by atoms with van der Waals surface area (Å²) in [5.41, 5.74) is 9.44. The average molecular weight is 414 g/mol. The van der Waals surface area contributed by atoms with Gasteiger partial charge in [-0.2, -0.15) is 0 Å².